The molecule has 0 saturated carbocycles. The zero-order valence-electron chi connectivity index (χ0n) is 10.2. The van der Waals surface area contributed by atoms with Crippen LogP contribution in [-0.4, -0.2) is 56.8 Å². The van der Waals surface area contributed by atoms with Crippen LogP contribution in [0.5, 0.6) is 0 Å². The van der Waals surface area contributed by atoms with E-state index in [4.69, 9.17) is 13.3 Å². The van der Waals surface area contributed by atoms with Crippen molar-refractivity contribution in [3.63, 3.8) is 0 Å². The Morgan fingerprint density at radius 3 is 2.13 bits per heavy atom. The molecule has 91 valence electrons. The van der Waals surface area contributed by atoms with Gasteiger partial charge in [0.05, 0.1) is 0 Å². The summed E-state index contributed by atoms with van der Waals surface area (Å²) in [6, 6.07) is 0.840. The summed E-state index contributed by atoms with van der Waals surface area (Å²) < 4.78 is 15.9. The molecule has 0 atom stereocenters. The van der Waals surface area contributed by atoms with Crippen LogP contribution in [0.4, 0.5) is 0 Å². The minimum Gasteiger partial charge on any atom is -0.377 e. The van der Waals surface area contributed by atoms with Gasteiger partial charge in [-0.3, -0.25) is 0 Å². The molecule has 0 aromatic heterocycles. The quantitative estimate of drug-likeness (QED) is 0.430. The molecule has 5 nitrogen and oxygen atoms in total. The van der Waals surface area contributed by atoms with Gasteiger partial charge in [-0.1, -0.05) is 0 Å². The Hall–Kier alpha value is 0.0169. The zero-order chi connectivity index (χ0) is 11.6. The molecule has 0 rings (SSSR count). The summed E-state index contributed by atoms with van der Waals surface area (Å²) in [5.74, 6) is 0. The van der Waals surface area contributed by atoms with Crippen molar-refractivity contribution in [1.82, 2.24) is 10.6 Å². The third kappa shape index (κ3) is 6.24. The Kier molecular flexibility index (Phi) is 9.27. The van der Waals surface area contributed by atoms with Gasteiger partial charge in [-0.15, -0.1) is 0 Å². The average Bonchev–Trinajstić information content (AvgIpc) is 2.29. The fourth-order valence-electron chi connectivity index (χ4n) is 1.30. The topological polar surface area (TPSA) is 53.8 Å². The molecule has 0 aliphatic rings. The van der Waals surface area contributed by atoms with Gasteiger partial charge in [-0.25, -0.2) is 5.32 Å². The van der Waals surface area contributed by atoms with E-state index in [1.807, 2.05) is 7.05 Å². The average molecular weight is 235 g/mol. The van der Waals surface area contributed by atoms with Crippen LogP contribution < -0.4 is 10.6 Å². The molecule has 0 aliphatic carbocycles. The highest BCUT2D eigenvalue weighted by Gasteiger charge is 2.36. The van der Waals surface area contributed by atoms with Crippen molar-refractivity contribution in [2.75, 3.05) is 48.0 Å². The number of nitrogens with zero attached hydrogens (tertiary/aromatic N) is 1. The SMILES string of the molecule is C[N]CCNCCC[Si](OC)(OC)OC. The first-order valence-corrected chi connectivity index (χ1v) is 7.09. The van der Waals surface area contributed by atoms with Crippen LogP contribution in [0.1, 0.15) is 6.42 Å². The van der Waals surface area contributed by atoms with Crippen LogP contribution >= 0.6 is 0 Å². The minimum atomic E-state index is -2.35. The molecule has 15 heavy (non-hydrogen) atoms. The highest BCUT2D eigenvalue weighted by atomic mass is 28.4. The molecule has 1 N–H and O–H groups in total. The van der Waals surface area contributed by atoms with Crippen LogP contribution in [-0.2, 0) is 13.3 Å². The lowest BCUT2D eigenvalue weighted by atomic mass is 10.4. The summed E-state index contributed by atoms with van der Waals surface area (Å²) in [6.07, 6.45) is 0.992. The molecule has 6 heteroatoms. The van der Waals surface area contributed by atoms with Gasteiger partial charge in [0, 0.05) is 47.5 Å². The molecule has 0 unspecified atom stereocenters. The standard InChI is InChI=1S/C9H23N2O3Si/c1-10-7-8-11-6-5-9-15(12-2,13-3)14-4/h11H,5-9H2,1-4H3. The maximum absolute atomic E-state index is 5.31. The predicted molar refractivity (Wildman–Crippen MR) is 62.0 cm³/mol. The van der Waals surface area contributed by atoms with E-state index in [0.29, 0.717) is 0 Å². The van der Waals surface area contributed by atoms with E-state index in [0.717, 1.165) is 32.1 Å². The van der Waals surface area contributed by atoms with Gasteiger partial charge in [0.1, 0.15) is 0 Å². The van der Waals surface area contributed by atoms with Crippen molar-refractivity contribution in [3.05, 3.63) is 0 Å². The minimum absolute atomic E-state index is 0.840. The molecule has 0 aromatic carbocycles. The second-order valence-electron chi connectivity index (χ2n) is 3.19. The maximum atomic E-state index is 5.31. The third-order valence-corrected chi connectivity index (χ3v) is 5.11. The van der Waals surface area contributed by atoms with Crippen molar-refractivity contribution >= 4 is 8.80 Å². The lowest BCUT2D eigenvalue weighted by molar-refractivity contribution is 0.123. The number of rotatable bonds is 10. The Balaban J connectivity index is 3.54. The first-order valence-electron chi connectivity index (χ1n) is 5.16. The number of nitrogens with one attached hydrogen (secondary N) is 1. The van der Waals surface area contributed by atoms with Gasteiger partial charge in [-0.05, 0) is 13.0 Å². The lowest BCUT2D eigenvalue weighted by Crippen LogP contribution is -2.43. The fraction of sp³-hybridized carbons (Fsp3) is 1.00. The summed E-state index contributed by atoms with van der Waals surface area (Å²) >= 11 is 0. The number of likely N-dealkylation sites (N-methyl/N-ethyl adjacent to an activating group) is 1. The van der Waals surface area contributed by atoms with Crippen LogP contribution in [0.25, 0.3) is 0 Å². The molecule has 0 heterocycles. The lowest BCUT2D eigenvalue weighted by Gasteiger charge is -2.24. The van der Waals surface area contributed by atoms with E-state index in [1.54, 1.807) is 21.3 Å². The van der Waals surface area contributed by atoms with Crippen LogP contribution in [0.15, 0.2) is 0 Å². The van der Waals surface area contributed by atoms with Gasteiger partial charge < -0.3 is 18.6 Å². The first-order chi connectivity index (χ1) is 7.24. The van der Waals surface area contributed by atoms with E-state index < -0.39 is 8.80 Å². The van der Waals surface area contributed by atoms with E-state index in [-0.39, 0.29) is 0 Å². The van der Waals surface area contributed by atoms with E-state index in [9.17, 15) is 0 Å². The zero-order valence-corrected chi connectivity index (χ0v) is 11.2. The smallest absolute Gasteiger partial charge is 0.377 e. The second-order valence-corrected chi connectivity index (χ2v) is 6.28. The van der Waals surface area contributed by atoms with Gasteiger partial charge >= 0.3 is 8.80 Å². The molecule has 0 spiro atoms. The summed E-state index contributed by atoms with van der Waals surface area (Å²) in [7, 11) is 4.39. The molecular formula is C9H23N2O3Si. The van der Waals surface area contributed by atoms with Crippen molar-refractivity contribution in [3.8, 4) is 0 Å². The van der Waals surface area contributed by atoms with Crippen molar-refractivity contribution in [2.45, 2.75) is 12.5 Å². The van der Waals surface area contributed by atoms with E-state index in [2.05, 4.69) is 10.6 Å². The van der Waals surface area contributed by atoms with Crippen LogP contribution in [0.2, 0.25) is 6.04 Å². The first kappa shape index (κ1) is 15.0. The summed E-state index contributed by atoms with van der Waals surface area (Å²) in [4.78, 5) is 0. The Bertz CT molecular complexity index is 137. The Labute approximate surface area is 93.9 Å². The third-order valence-electron chi connectivity index (χ3n) is 2.28. The second kappa shape index (κ2) is 9.26. The van der Waals surface area contributed by atoms with Gasteiger partial charge in [0.2, 0.25) is 0 Å². The summed E-state index contributed by atoms with van der Waals surface area (Å²) in [5, 5.41) is 7.30. The largest absolute Gasteiger partial charge is 0.500 e. The van der Waals surface area contributed by atoms with Crippen LogP contribution in [0.3, 0.4) is 0 Å². The highest BCUT2D eigenvalue weighted by Crippen LogP contribution is 2.13. The van der Waals surface area contributed by atoms with Gasteiger partial charge in [0.25, 0.3) is 0 Å². The summed E-state index contributed by atoms with van der Waals surface area (Å²) in [5.41, 5.74) is 0. The Morgan fingerprint density at radius 2 is 1.67 bits per heavy atom. The van der Waals surface area contributed by atoms with Crippen molar-refractivity contribution in [1.29, 1.82) is 0 Å². The molecular weight excluding hydrogens is 212 g/mol. The van der Waals surface area contributed by atoms with Gasteiger partial charge in [0.15, 0.2) is 0 Å². The normalized spacial score (nSPS) is 12.0. The Morgan fingerprint density at radius 1 is 1.07 bits per heavy atom. The molecule has 0 fully saturated rings. The van der Waals surface area contributed by atoms with Crippen molar-refractivity contribution in [2.24, 2.45) is 0 Å². The summed E-state index contributed by atoms with van der Waals surface area (Å²) in [6.45, 7) is 2.74. The molecule has 0 aromatic rings. The van der Waals surface area contributed by atoms with E-state index >= 15 is 0 Å². The predicted octanol–water partition coefficient (Wildman–Crippen LogP) is 0.0784. The maximum Gasteiger partial charge on any atom is 0.500 e. The molecule has 0 amide bonds. The molecule has 1 radical (unpaired) electrons. The molecule has 0 aliphatic heterocycles. The molecule has 0 saturated heterocycles. The van der Waals surface area contributed by atoms with Gasteiger partial charge in [-0.2, -0.15) is 0 Å². The molecule has 0 bridgehead atoms. The number of hydrogen-bond acceptors (Lipinski definition) is 4. The van der Waals surface area contributed by atoms with E-state index in [1.165, 1.54) is 0 Å². The highest BCUT2D eigenvalue weighted by molar-refractivity contribution is 6.60. The van der Waals surface area contributed by atoms with Crippen molar-refractivity contribution < 1.29 is 13.3 Å². The monoisotopic (exact) mass is 235 g/mol. The fourth-order valence-corrected chi connectivity index (χ4v) is 3.02. The number of hydrogen-bond donors (Lipinski definition) is 1. The van der Waals surface area contributed by atoms with Crippen LogP contribution in [0, 0.1) is 0 Å².